The Hall–Kier alpha value is -4.88. The summed E-state index contributed by atoms with van der Waals surface area (Å²) in [6.45, 7) is -0.711. The fourth-order valence-corrected chi connectivity index (χ4v) is 4.43. The molecule has 1 aliphatic heterocycles. The van der Waals surface area contributed by atoms with Gasteiger partial charge in [0.05, 0.1) is 6.61 Å². The summed E-state index contributed by atoms with van der Waals surface area (Å²) in [5.74, 6) is -1.25. The molecule has 1 aliphatic rings. The van der Waals surface area contributed by atoms with Gasteiger partial charge in [0.15, 0.2) is 11.5 Å². The molecule has 1 aromatic heterocycles. The van der Waals surface area contributed by atoms with Crippen molar-refractivity contribution in [3.63, 3.8) is 0 Å². The summed E-state index contributed by atoms with van der Waals surface area (Å²) in [4.78, 5) is 25.1. The molecule has 0 spiro atoms. The molecule has 5 rings (SSSR count). The molecule has 5 atom stereocenters. The van der Waals surface area contributed by atoms with Gasteiger partial charge in [-0.2, -0.15) is 0 Å². The van der Waals surface area contributed by atoms with E-state index in [1.807, 2.05) is 0 Å². The number of phenolic OH excluding ortho intramolecular Hbond substituents is 3. The molecule has 3 aromatic carbocycles. The molecule has 0 saturated carbocycles. The first-order valence-corrected chi connectivity index (χ1v) is 12.7. The molecule has 0 radical (unpaired) electrons. The van der Waals surface area contributed by atoms with Gasteiger partial charge in [0.1, 0.15) is 58.0 Å². The van der Waals surface area contributed by atoms with E-state index in [4.69, 9.17) is 18.6 Å². The van der Waals surface area contributed by atoms with E-state index in [1.54, 1.807) is 12.1 Å². The average Bonchev–Trinajstić information content (AvgIpc) is 2.96. The van der Waals surface area contributed by atoms with E-state index in [2.05, 4.69) is 0 Å². The quantitative estimate of drug-likeness (QED) is 0.138. The molecule has 1 fully saturated rings. The van der Waals surface area contributed by atoms with Gasteiger partial charge >= 0.3 is 5.97 Å². The zero-order chi connectivity index (χ0) is 30.0. The van der Waals surface area contributed by atoms with Crippen molar-refractivity contribution < 1.29 is 54.1 Å². The zero-order valence-corrected chi connectivity index (χ0v) is 21.7. The normalized spacial score (nSPS) is 22.3. The molecule has 4 aromatic rings. The number of hydrogen-bond acceptors (Lipinski definition) is 12. The SMILES string of the molecule is O=C(/C=C\c1ccc(O)cc1)O[C@H]1[C@H](O)[C@@H](O)[C@H](Oc2cc(O)c3c(=O)cc(-c4ccc(O)cc4)oc3c2)O[C@@H]1CO. The third-order valence-corrected chi connectivity index (χ3v) is 6.57. The summed E-state index contributed by atoms with van der Waals surface area (Å²) in [6, 6.07) is 15.4. The van der Waals surface area contributed by atoms with Crippen LogP contribution >= 0.6 is 0 Å². The van der Waals surface area contributed by atoms with Crippen molar-refractivity contribution >= 4 is 23.0 Å². The van der Waals surface area contributed by atoms with E-state index in [0.29, 0.717) is 11.1 Å². The molecule has 42 heavy (non-hydrogen) atoms. The number of phenols is 3. The van der Waals surface area contributed by atoms with Crippen LogP contribution < -0.4 is 10.2 Å². The number of esters is 1. The topological polar surface area (TPSA) is 196 Å². The van der Waals surface area contributed by atoms with Gasteiger partial charge in [0.2, 0.25) is 6.29 Å². The van der Waals surface area contributed by atoms with Crippen LogP contribution in [0.4, 0.5) is 0 Å². The summed E-state index contributed by atoms with van der Waals surface area (Å²) >= 11 is 0. The van der Waals surface area contributed by atoms with Crippen LogP contribution in [-0.2, 0) is 14.3 Å². The lowest BCUT2D eigenvalue weighted by molar-refractivity contribution is -0.280. The number of benzene rings is 3. The van der Waals surface area contributed by atoms with Gasteiger partial charge in [-0.05, 0) is 48.0 Å². The number of ether oxygens (including phenoxy) is 3. The fraction of sp³-hybridized carbons (Fsp3) is 0.200. The second-order valence-electron chi connectivity index (χ2n) is 9.49. The summed E-state index contributed by atoms with van der Waals surface area (Å²) in [7, 11) is 0. The largest absolute Gasteiger partial charge is 0.508 e. The van der Waals surface area contributed by atoms with Crippen molar-refractivity contribution in [2.45, 2.75) is 30.7 Å². The van der Waals surface area contributed by atoms with Gasteiger partial charge in [-0.3, -0.25) is 4.79 Å². The maximum Gasteiger partial charge on any atom is 0.331 e. The van der Waals surface area contributed by atoms with Crippen molar-refractivity contribution in [2.24, 2.45) is 0 Å². The first-order chi connectivity index (χ1) is 20.1. The first-order valence-electron chi connectivity index (χ1n) is 12.7. The zero-order valence-electron chi connectivity index (χ0n) is 21.7. The van der Waals surface area contributed by atoms with Crippen LogP contribution in [-0.4, -0.2) is 73.9 Å². The molecule has 12 nitrogen and oxygen atoms in total. The third kappa shape index (κ3) is 6.06. The Balaban J connectivity index is 1.33. The Morgan fingerprint density at radius 2 is 1.57 bits per heavy atom. The van der Waals surface area contributed by atoms with E-state index >= 15 is 0 Å². The molecule has 0 amide bonds. The second kappa shape index (κ2) is 11.9. The maximum absolute atomic E-state index is 12.7. The summed E-state index contributed by atoms with van der Waals surface area (Å²) in [5.41, 5.74) is 0.465. The highest BCUT2D eigenvalue weighted by molar-refractivity contribution is 5.87. The van der Waals surface area contributed by atoms with Crippen molar-refractivity contribution in [3.05, 3.63) is 88.6 Å². The Labute approximate surface area is 237 Å². The number of aliphatic hydroxyl groups excluding tert-OH is 3. The molecule has 0 aliphatic carbocycles. The Bertz CT molecular complexity index is 1660. The van der Waals surface area contributed by atoms with Crippen LogP contribution in [0.5, 0.6) is 23.0 Å². The number of carbonyl (C=O) groups excluding carboxylic acids is 1. The van der Waals surface area contributed by atoms with Gasteiger partial charge in [-0.1, -0.05) is 12.1 Å². The summed E-state index contributed by atoms with van der Waals surface area (Å²) in [6.07, 6.45) is -5.36. The summed E-state index contributed by atoms with van der Waals surface area (Å²) in [5, 5.41) is 60.6. The molecule has 218 valence electrons. The maximum atomic E-state index is 12.7. The number of hydrogen-bond donors (Lipinski definition) is 6. The smallest absolute Gasteiger partial charge is 0.331 e. The number of rotatable bonds is 7. The minimum absolute atomic E-state index is 0.0205. The van der Waals surface area contributed by atoms with Gasteiger partial charge in [-0.15, -0.1) is 0 Å². The van der Waals surface area contributed by atoms with Crippen molar-refractivity contribution in [2.75, 3.05) is 6.61 Å². The number of aromatic hydroxyl groups is 3. The van der Waals surface area contributed by atoms with E-state index in [9.17, 15) is 40.2 Å². The number of aliphatic hydroxyl groups is 3. The molecule has 2 heterocycles. The van der Waals surface area contributed by atoms with E-state index in [0.717, 1.165) is 12.1 Å². The van der Waals surface area contributed by atoms with Crippen LogP contribution in [0, 0.1) is 0 Å². The second-order valence-corrected chi connectivity index (χ2v) is 9.49. The fourth-order valence-electron chi connectivity index (χ4n) is 4.43. The van der Waals surface area contributed by atoms with E-state index < -0.39 is 54.5 Å². The lowest BCUT2D eigenvalue weighted by Gasteiger charge is -2.41. The Morgan fingerprint density at radius 1 is 0.905 bits per heavy atom. The predicted octanol–water partition coefficient (Wildman–Crippen LogP) is 2.02. The first kappa shape index (κ1) is 28.6. The number of carbonyl (C=O) groups is 1. The van der Waals surface area contributed by atoms with Crippen molar-refractivity contribution in [3.8, 4) is 34.3 Å². The Morgan fingerprint density at radius 3 is 2.24 bits per heavy atom. The molecule has 6 N–H and O–H groups in total. The minimum Gasteiger partial charge on any atom is -0.508 e. The van der Waals surface area contributed by atoms with Crippen LogP contribution in [0.25, 0.3) is 28.4 Å². The van der Waals surface area contributed by atoms with E-state index in [-0.39, 0.29) is 34.0 Å². The molecule has 1 saturated heterocycles. The van der Waals surface area contributed by atoms with Gasteiger partial charge < -0.3 is 49.3 Å². The Kier molecular flexibility index (Phi) is 8.13. The minimum atomic E-state index is -1.76. The summed E-state index contributed by atoms with van der Waals surface area (Å²) < 4.78 is 22.3. The van der Waals surface area contributed by atoms with Gasteiger partial charge in [0, 0.05) is 29.8 Å². The molecule has 12 heteroatoms. The van der Waals surface area contributed by atoms with Crippen LogP contribution in [0.15, 0.2) is 82.0 Å². The van der Waals surface area contributed by atoms with Gasteiger partial charge in [0.25, 0.3) is 0 Å². The van der Waals surface area contributed by atoms with Crippen LogP contribution in [0.3, 0.4) is 0 Å². The molecule has 0 unspecified atom stereocenters. The molecular weight excluding hydrogens is 552 g/mol. The highest BCUT2D eigenvalue weighted by Crippen LogP contribution is 2.33. The standard InChI is InChI=1S/C30H26O12/c31-14-24-29(42-25(36)10-3-15-1-6-17(32)7-2-15)27(37)28(38)30(41-24)39-19-11-20(34)26-21(35)13-22(40-23(26)12-19)16-4-8-18(33)9-5-16/h1-13,24,27-34,37-38H,14H2/b10-3-/t24-,27-,28-,29-,30-/m1/s1. The number of fused-ring (bicyclic) bond motifs is 1. The average molecular weight is 579 g/mol. The van der Waals surface area contributed by atoms with Crippen molar-refractivity contribution in [1.29, 1.82) is 0 Å². The molecule has 0 bridgehead atoms. The third-order valence-electron chi connectivity index (χ3n) is 6.57. The monoisotopic (exact) mass is 578 g/mol. The predicted molar refractivity (Wildman–Crippen MR) is 147 cm³/mol. The van der Waals surface area contributed by atoms with Crippen molar-refractivity contribution in [1.82, 2.24) is 0 Å². The lowest BCUT2D eigenvalue weighted by atomic mass is 9.99. The highest BCUT2D eigenvalue weighted by Gasteiger charge is 2.47. The van der Waals surface area contributed by atoms with Gasteiger partial charge in [-0.25, -0.2) is 4.79 Å². The highest BCUT2D eigenvalue weighted by atomic mass is 16.7. The van der Waals surface area contributed by atoms with Crippen LogP contribution in [0.1, 0.15) is 5.56 Å². The lowest BCUT2D eigenvalue weighted by Crippen LogP contribution is -2.61. The van der Waals surface area contributed by atoms with E-state index in [1.165, 1.54) is 54.6 Å². The molecular formula is C30H26O12. The van der Waals surface area contributed by atoms with Crippen LogP contribution in [0.2, 0.25) is 0 Å².